The summed E-state index contributed by atoms with van der Waals surface area (Å²) in [6, 6.07) is 12.4. The molecular formula is C22H25ClN4O. The van der Waals surface area contributed by atoms with Crippen molar-refractivity contribution in [3.05, 3.63) is 52.8 Å². The molecule has 1 aromatic carbocycles. The minimum atomic E-state index is -0.320. The summed E-state index contributed by atoms with van der Waals surface area (Å²) in [5, 5.41) is 12.8. The monoisotopic (exact) mass is 396 g/mol. The van der Waals surface area contributed by atoms with Crippen LogP contribution in [-0.4, -0.2) is 10.9 Å². The molecule has 2 atom stereocenters. The molecule has 0 saturated heterocycles. The number of pyridine rings is 1. The zero-order valence-electron chi connectivity index (χ0n) is 15.8. The number of anilines is 2. The van der Waals surface area contributed by atoms with Gasteiger partial charge < -0.3 is 11.1 Å². The smallest absolute Gasteiger partial charge is 0.221 e. The first-order valence-electron chi connectivity index (χ1n) is 9.69. The second-order valence-corrected chi connectivity index (χ2v) is 7.67. The molecule has 0 bridgehead atoms. The van der Waals surface area contributed by atoms with Crippen LogP contribution in [0, 0.1) is 17.2 Å². The number of carbonyl (C=O) groups excluding carboxylic acids is 1. The number of primary amides is 1. The van der Waals surface area contributed by atoms with Gasteiger partial charge in [0.15, 0.2) is 0 Å². The number of amides is 1. The van der Waals surface area contributed by atoms with E-state index in [4.69, 9.17) is 10.7 Å². The number of aromatic nitrogens is 1. The first kappa shape index (κ1) is 20.2. The third-order valence-corrected chi connectivity index (χ3v) is 5.71. The number of aryl methyl sites for hydroxylation is 1. The van der Waals surface area contributed by atoms with Crippen LogP contribution in [0.25, 0.3) is 0 Å². The highest BCUT2D eigenvalue weighted by Crippen LogP contribution is 2.40. The summed E-state index contributed by atoms with van der Waals surface area (Å²) in [6.45, 7) is 0. The predicted octanol–water partition coefficient (Wildman–Crippen LogP) is 4.17. The molecule has 1 aromatic heterocycles. The Morgan fingerprint density at radius 3 is 2.71 bits per heavy atom. The van der Waals surface area contributed by atoms with Crippen molar-refractivity contribution in [1.29, 1.82) is 5.26 Å². The molecule has 2 aliphatic rings. The number of benzene rings is 1. The highest BCUT2D eigenvalue weighted by molar-refractivity contribution is 5.85. The second-order valence-electron chi connectivity index (χ2n) is 7.67. The zero-order chi connectivity index (χ0) is 18.8. The molecule has 2 aliphatic carbocycles. The molecule has 2 unspecified atom stereocenters. The molecule has 146 valence electrons. The minimum absolute atomic E-state index is 0. The topological polar surface area (TPSA) is 91.8 Å². The van der Waals surface area contributed by atoms with E-state index in [1.54, 1.807) is 0 Å². The van der Waals surface area contributed by atoms with Crippen LogP contribution in [0.1, 0.15) is 54.1 Å². The molecule has 1 fully saturated rings. The number of nitrogens with one attached hydrogen (secondary N) is 1. The number of nitrogens with zero attached hydrogens (tertiary/aromatic N) is 2. The largest absolute Gasteiger partial charge is 0.369 e. The summed E-state index contributed by atoms with van der Waals surface area (Å²) in [6.07, 6.45) is 6.43. The number of hydrogen-bond donors (Lipinski definition) is 2. The molecular weight excluding hydrogens is 372 g/mol. The highest BCUT2D eigenvalue weighted by atomic mass is 35.5. The number of nitriles is 1. The SMILES string of the molecule is Cl.N#CC1CCC(c2cc(Nc3ccc(CC(N)=O)cc3)c3c(n2)CCC3)C1. The van der Waals surface area contributed by atoms with E-state index < -0.39 is 0 Å². The third kappa shape index (κ3) is 4.28. The summed E-state index contributed by atoms with van der Waals surface area (Å²) in [5.41, 5.74) is 12.0. The van der Waals surface area contributed by atoms with Crippen LogP contribution in [0.4, 0.5) is 11.4 Å². The highest BCUT2D eigenvalue weighted by Gasteiger charge is 2.28. The quantitative estimate of drug-likeness (QED) is 0.793. The Bertz CT molecular complexity index is 904. The van der Waals surface area contributed by atoms with E-state index in [0.717, 1.165) is 61.2 Å². The van der Waals surface area contributed by atoms with Crippen molar-refractivity contribution in [2.24, 2.45) is 11.7 Å². The van der Waals surface area contributed by atoms with Crippen molar-refractivity contribution in [1.82, 2.24) is 4.98 Å². The lowest BCUT2D eigenvalue weighted by Crippen LogP contribution is -2.13. The molecule has 3 N–H and O–H groups in total. The predicted molar refractivity (Wildman–Crippen MR) is 112 cm³/mol. The van der Waals surface area contributed by atoms with E-state index in [9.17, 15) is 10.1 Å². The number of fused-ring (bicyclic) bond motifs is 1. The van der Waals surface area contributed by atoms with Gasteiger partial charge >= 0.3 is 0 Å². The zero-order valence-corrected chi connectivity index (χ0v) is 16.6. The lowest BCUT2D eigenvalue weighted by Gasteiger charge is -2.16. The van der Waals surface area contributed by atoms with Gasteiger partial charge in [0.2, 0.25) is 5.91 Å². The van der Waals surface area contributed by atoms with Crippen LogP contribution >= 0.6 is 12.4 Å². The molecule has 0 aliphatic heterocycles. The molecule has 1 amide bonds. The van der Waals surface area contributed by atoms with Crippen molar-refractivity contribution < 1.29 is 4.79 Å². The Morgan fingerprint density at radius 2 is 2.04 bits per heavy atom. The lowest BCUT2D eigenvalue weighted by atomic mass is 9.99. The van der Waals surface area contributed by atoms with Crippen molar-refractivity contribution in [3.63, 3.8) is 0 Å². The van der Waals surface area contributed by atoms with E-state index in [1.165, 1.54) is 11.3 Å². The van der Waals surface area contributed by atoms with Gasteiger partial charge in [-0.2, -0.15) is 5.26 Å². The maximum absolute atomic E-state index is 11.1. The molecule has 1 heterocycles. The Balaban J connectivity index is 0.00000225. The summed E-state index contributed by atoms with van der Waals surface area (Å²) in [7, 11) is 0. The fraction of sp³-hybridized carbons (Fsp3) is 0.409. The Labute approximate surface area is 171 Å². The molecule has 0 radical (unpaired) electrons. The van der Waals surface area contributed by atoms with Gasteiger partial charge in [0.05, 0.1) is 12.5 Å². The van der Waals surface area contributed by atoms with Gasteiger partial charge in [-0.1, -0.05) is 12.1 Å². The molecule has 2 aromatic rings. The van der Waals surface area contributed by atoms with Gasteiger partial charge in [0, 0.05) is 34.6 Å². The molecule has 28 heavy (non-hydrogen) atoms. The minimum Gasteiger partial charge on any atom is -0.369 e. The lowest BCUT2D eigenvalue weighted by molar-refractivity contribution is -0.117. The third-order valence-electron chi connectivity index (χ3n) is 5.71. The molecule has 5 nitrogen and oxygen atoms in total. The van der Waals surface area contributed by atoms with Gasteiger partial charge in [0.1, 0.15) is 0 Å². The summed E-state index contributed by atoms with van der Waals surface area (Å²) in [4.78, 5) is 16.0. The molecule has 6 heteroatoms. The average Bonchev–Trinajstić information content (AvgIpc) is 3.32. The van der Waals surface area contributed by atoms with Crippen LogP contribution in [0.3, 0.4) is 0 Å². The van der Waals surface area contributed by atoms with Crippen molar-refractivity contribution >= 4 is 29.7 Å². The average molecular weight is 397 g/mol. The normalized spacial score (nSPS) is 20.1. The maximum atomic E-state index is 11.1. The molecule has 1 saturated carbocycles. The van der Waals surface area contributed by atoms with Crippen LogP contribution in [0.15, 0.2) is 30.3 Å². The number of nitrogens with two attached hydrogens (primary N) is 1. The van der Waals surface area contributed by atoms with Gasteiger partial charge in [-0.05, 0) is 67.9 Å². The summed E-state index contributed by atoms with van der Waals surface area (Å²) >= 11 is 0. The number of hydrogen-bond acceptors (Lipinski definition) is 4. The van der Waals surface area contributed by atoms with Crippen LogP contribution in [0.5, 0.6) is 0 Å². The van der Waals surface area contributed by atoms with Gasteiger partial charge in [-0.3, -0.25) is 9.78 Å². The van der Waals surface area contributed by atoms with Crippen molar-refractivity contribution in [2.75, 3.05) is 5.32 Å². The van der Waals surface area contributed by atoms with Crippen molar-refractivity contribution in [3.8, 4) is 6.07 Å². The number of rotatable bonds is 5. The number of halogens is 1. The second kappa shape index (κ2) is 8.62. The fourth-order valence-corrected chi connectivity index (χ4v) is 4.32. The summed E-state index contributed by atoms with van der Waals surface area (Å²) < 4.78 is 0. The van der Waals surface area contributed by atoms with E-state index >= 15 is 0 Å². The maximum Gasteiger partial charge on any atom is 0.221 e. The van der Waals surface area contributed by atoms with E-state index in [0.29, 0.717) is 5.92 Å². The van der Waals surface area contributed by atoms with Crippen LogP contribution in [0.2, 0.25) is 0 Å². The van der Waals surface area contributed by atoms with Gasteiger partial charge in [-0.15, -0.1) is 12.4 Å². The summed E-state index contributed by atoms with van der Waals surface area (Å²) in [5.74, 6) is 0.234. The first-order chi connectivity index (χ1) is 13.1. The van der Waals surface area contributed by atoms with E-state index in [1.807, 2.05) is 24.3 Å². The molecule has 4 rings (SSSR count). The van der Waals surface area contributed by atoms with Crippen LogP contribution in [-0.2, 0) is 24.1 Å². The molecule has 0 spiro atoms. The Morgan fingerprint density at radius 1 is 1.25 bits per heavy atom. The number of carbonyl (C=O) groups is 1. The van der Waals surface area contributed by atoms with Gasteiger partial charge in [-0.25, -0.2) is 0 Å². The van der Waals surface area contributed by atoms with E-state index in [-0.39, 0.29) is 30.7 Å². The van der Waals surface area contributed by atoms with Crippen molar-refractivity contribution in [2.45, 2.75) is 50.9 Å². The standard InChI is InChI=1S/C22H24N4O.ClH/c23-13-15-4-7-16(10-15)20-12-21(18-2-1-3-19(18)26-20)25-17-8-5-14(6-9-17)11-22(24)27;/h5-6,8-9,12,15-16H,1-4,7,10-11H2,(H2,24,27)(H,25,26);1H. The first-order valence-corrected chi connectivity index (χ1v) is 9.69. The van der Waals surface area contributed by atoms with E-state index in [2.05, 4.69) is 17.5 Å². The Hall–Kier alpha value is -2.58. The fourth-order valence-electron chi connectivity index (χ4n) is 4.32. The van der Waals surface area contributed by atoms with Gasteiger partial charge in [0.25, 0.3) is 0 Å². The van der Waals surface area contributed by atoms with Crippen LogP contribution < -0.4 is 11.1 Å². The Kier molecular flexibility index (Phi) is 6.21.